The van der Waals surface area contributed by atoms with Crippen LogP contribution in [-0.4, -0.2) is 12.8 Å². The number of hydrogen-bond acceptors (Lipinski definition) is 2. The monoisotopic (exact) mass is 234 g/mol. The first kappa shape index (κ1) is 11.4. The van der Waals surface area contributed by atoms with Crippen molar-refractivity contribution in [2.24, 2.45) is 0 Å². The highest BCUT2D eigenvalue weighted by molar-refractivity contribution is 7.67. The molecule has 0 amide bonds. The van der Waals surface area contributed by atoms with Crippen LogP contribution in [0.1, 0.15) is 6.42 Å². The summed E-state index contributed by atoms with van der Waals surface area (Å²) < 4.78 is 18.2. The van der Waals surface area contributed by atoms with Crippen molar-refractivity contribution in [2.45, 2.75) is 12.1 Å². The third kappa shape index (κ3) is 2.04. The predicted molar refractivity (Wildman–Crippen MR) is 67.4 cm³/mol. The van der Waals surface area contributed by atoms with Crippen molar-refractivity contribution < 1.29 is 9.09 Å². The quantitative estimate of drug-likeness (QED) is 0.751. The molecule has 0 fully saturated rings. The van der Waals surface area contributed by atoms with Crippen molar-refractivity contribution >= 4 is 12.7 Å². The van der Waals surface area contributed by atoms with Gasteiger partial charge in [0.1, 0.15) is 0 Å². The fourth-order valence-electron chi connectivity index (χ4n) is 1.89. The summed E-state index contributed by atoms with van der Waals surface area (Å²) in [4.78, 5) is 0. The zero-order valence-electron chi connectivity index (χ0n) is 9.24. The Bertz CT molecular complexity index is 448. The number of rotatable bonds is 3. The molecule has 2 nitrogen and oxygen atoms in total. The molecule has 0 saturated heterocycles. The third-order valence-corrected chi connectivity index (χ3v) is 5.60. The van der Waals surface area contributed by atoms with Gasteiger partial charge >= 0.3 is 0 Å². The lowest BCUT2D eigenvalue weighted by Crippen LogP contribution is -2.17. The molecular weight excluding hydrogens is 219 g/mol. The van der Waals surface area contributed by atoms with E-state index < -0.39 is 7.37 Å². The van der Waals surface area contributed by atoms with E-state index in [2.05, 4.69) is 0 Å². The van der Waals surface area contributed by atoms with Crippen LogP contribution in [0.4, 0.5) is 0 Å². The molecule has 0 spiro atoms. The molecule has 2 unspecified atom stereocenters. The Labute approximate surface area is 96.1 Å². The van der Waals surface area contributed by atoms with Crippen LogP contribution in [0.5, 0.6) is 0 Å². The van der Waals surface area contributed by atoms with E-state index in [1.807, 2.05) is 54.6 Å². The Morgan fingerprint density at radius 3 is 2.56 bits per heavy atom. The van der Waals surface area contributed by atoms with Gasteiger partial charge < -0.3 is 4.52 Å². The fraction of sp³-hybridized carbons (Fsp3) is 0.231. The van der Waals surface area contributed by atoms with Crippen molar-refractivity contribution in [3.8, 4) is 0 Å². The van der Waals surface area contributed by atoms with Crippen molar-refractivity contribution in [3.05, 3.63) is 54.6 Å². The van der Waals surface area contributed by atoms with Gasteiger partial charge in [0.05, 0.1) is 5.66 Å². The molecule has 0 heterocycles. The van der Waals surface area contributed by atoms with Crippen LogP contribution >= 0.6 is 7.37 Å². The summed E-state index contributed by atoms with van der Waals surface area (Å²) in [6, 6.07) is 9.44. The van der Waals surface area contributed by atoms with Crippen LogP contribution in [0.25, 0.3) is 0 Å². The predicted octanol–water partition coefficient (Wildman–Crippen LogP) is 3.12. The lowest BCUT2D eigenvalue weighted by Gasteiger charge is -2.24. The summed E-state index contributed by atoms with van der Waals surface area (Å²) in [7, 11) is -1.24. The largest absolute Gasteiger partial charge is 0.328 e. The summed E-state index contributed by atoms with van der Waals surface area (Å²) in [5.41, 5.74) is -0.0371. The van der Waals surface area contributed by atoms with E-state index in [1.165, 1.54) is 7.11 Å². The summed E-state index contributed by atoms with van der Waals surface area (Å²) in [5, 5.41) is 0.794. The Morgan fingerprint density at radius 2 is 2.00 bits per heavy atom. The van der Waals surface area contributed by atoms with Gasteiger partial charge in [-0.05, 0) is 18.6 Å². The molecule has 0 saturated carbocycles. The molecular formula is C13H15O2P. The van der Waals surface area contributed by atoms with Crippen LogP contribution in [-0.2, 0) is 9.09 Å². The van der Waals surface area contributed by atoms with Crippen molar-refractivity contribution in [1.82, 2.24) is 0 Å². The van der Waals surface area contributed by atoms with Gasteiger partial charge in [-0.2, -0.15) is 0 Å². The first-order valence-corrected chi connectivity index (χ1v) is 7.01. The number of benzene rings is 1. The van der Waals surface area contributed by atoms with E-state index in [0.29, 0.717) is 0 Å². The second kappa shape index (κ2) is 4.82. The van der Waals surface area contributed by atoms with Gasteiger partial charge in [0.25, 0.3) is 0 Å². The number of hydrogen-bond donors (Lipinski definition) is 0. The molecule has 0 bridgehead atoms. The van der Waals surface area contributed by atoms with Crippen LogP contribution in [0.2, 0.25) is 0 Å². The summed E-state index contributed by atoms with van der Waals surface area (Å²) in [5.74, 6) is 0. The highest BCUT2D eigenvalue weighted by Gasteiger charge is 2.33. The van der Waals surface area contributed by atoms with E-state index >= 15 is 0 Å². The topological polar surface area (TPSA) is 26.3 Å². The van der Waals surface area contributed by atoms with E-state index in [0.717, 1.165) is 11.7 Å². The van der Waals surface area contributed by atoms with Gasteiger partial charge in [-0.15, -0.1) is 0 Å². The molecule has 0 aromatic heterocycles. The Balaban J connectivity index is 2.36. The molecule has 1 aromatic rings. The van der Waals surface area contributed by atoms with E-state index in [-0.39, 0.29) is 5.66 Å². The maximum absolute atomic E-state index is 12.8. The first-order chi connectivity index (χ1) is 7.77. The fourth-order valence-corrected chi connectivity index (χ4v) is 4.07. The van der Waals surface area contributed by atoms with Gasteiger partial charge in [0, 0.05) is 12.4 Å². The minimum Gasteiger partial charge on any atom is -0.328 e. The Hall–Kier alpha value is -1.11. The summed E-state index contributed by atoms with van der Waals surface area (Å²) >= 11 is 0. The van der Waals surface area contributed by atoms with Crippen LogP contribution < -0.4 is 5.30 Å². The Kier molecular flexibility index (Phi) is 3.42. The number of allylic oxidation sites excluding steroid dienone is 4. The first-order valence-electron chi connectivity index (χ1n) is 5.32. The molecule has 0 aliphatic heterocycles. The molecule has 1 aromatic carbocycles. The average molecular weight is 234 g/mol. The molecule has 2 atom stereocenters. The van der Waals surface area contributed by atoms with Crippen molar-refractivity contribution in [1.29, 1.82) is 0 Å². The second-order valence-electron chi connectivity index (χ2n) is 3.73. The van der Waals surface area contributed by atoms with Crippen LogP contribution in [0, 0.1) is 0 Å². The maximum atomic E-state index is 12.8. The molecule has 1 aliphatic rings. The van der Waals surface area contributed by atoms with Gasteiger partial charge in [-0.1, -0.05) is 42.5 Å². The minimum absolute atomic E-state index is 0.0371. The molecule has 0 radical (unpaired) electrons. The van der Waals surface area contributed by atoms with Crippen molar-refractivity contribution in [2.75, 3.05) is 7.11 Å². The van der Waals surface area contributed by atoms with Gasteiger partial charge in [-0.25, -0.2) is 0 Å². The Morgan fingerprint density at radius 1 is 1.25 bits per heavy atom. The standard InChI is InChI=1S/C13H15O2P/c1-15-16(14,12-8-4-2-5-9-12)13-10-6-3-7-11-13/h2-10,13H,11H2,1H3. The lowest BCUT2D eigenvalue weighted by atomic mass is 10.2. The molecule has 0 N–H and O–H groups in total. The highest BCUT2D eigenvalue weighted by atomic mass is 31.2. The van der Waals surface area contributed by atoms with Gasteiger partial charge in [0.15, 0.2) is 0 Å². The van der Waals surface area contributed by atoms with Gasteiger partial charge in [-0.3, -0.25) is 4.57 Å². The summed E-state index contributed by atoms with van der Waals surface area (Å²) in [6.07, 6.45) is 8.68. The molecule has 16 heavy (non-hydrogen) atoms. The van der Waals surface area contributed by atoms with E-state index in [4.69, 9.17) is 4.52 Å². The highest BCUT2D eigenvalue weighted by Crippen LogP contribution is 2.52. The average Bonchev–Trinajstić information content (AvgIpc) is 2.40. The maximum Gasteiger partial charge on any atom is 0.238 e. The lowest BCUT2D eigenvalue weighted by molar-refractivity contribution is 0.397. The SMILES string of the molecule is COP(=O)(c1ccccc1)C1C=CC=CC1. The second-order valence-corrected chi connectivity index (χ2v) is 6.47. The van der Waals surface area contributed by atoms with Crippen LogP contribution in [0.15, 0.2) is 54.6 Å². The van der Waals surface area contributed by atoms with Gasteiger partial charge in [0.2, 0.25) is 7.37 Å². The minimum atomic E-state index is -2.77. The third-order valence-electron chi connectivity index (χ3n) is 2.78. The zero-order valence-corrected chi connectivity index (χ0v) is 10.1. The zero-order chi connectivity index (χ0) is 11.4. The van der Waals surface area contributed by atoms with Crippen LogP contribution in [0.3, 0.4) is 0 Å². The normalized spacial score (nSPS) is 22.9. The van der Waals surface area contributed by atoms with Crippen molar-refractivity contribution in [3.63, 3.8) is 0 Å². The molecule has 84 valence electrons. The van der Waals surface area contributed by atoms with E-state index in [9.17, 15) is 4.57 Å². The molecule has 2 rings (SSSR count). The molecule has 1 aliphatic carbocycles. The van der Waals surface area contributed by atoms with E-state index in [1.54, 1.807) is 0 Å². The smallest absolute Gasteiger partial charge is 0.238 e. The summed E-state index contributed by atoms with van der Waals surface area (Å²) in [6.45, 7) is 0. The molecule has 3 heteroatoms.